The Hall–Kier alpha value is -3.10. The van der Waals surface area contributed by atoms with Crippen LogP contribution in [-0.4, -0.2) is 46.9 Å². The fraction of sp³-hybridized carbons (Fsp3) is 0.500. The molecular formula is C20H25N3O6. The molecule has 1 aromatic carbocycles. The summed E-state index contributed by atoms with van der Waals surface area (Å²) in [6, 6.07) is 6.82. The molecule has 0 unspecified atom stereocenters. The van der Waals surface area contributed by atoms with Gasteiger partial charge in [0.2, 0.25) is 5.60 Å². The summed E-state index contributed by atoms with van der Waals surface area (Å²) >= 11 is 0. The van der Waals surface area contributed by atoms with Crippen LogP contribution in [0.15, 0.2) is 29.4 Å². The van der Waals surface area contributed by atoms with E-state index in [0.29, 0.717) is 17.0 Å². The number of carbonyl (C=O) groups excluding carboxylic acids is 2. The van der Waals surface area contributed by atoms with Crippen LogP contribution in [0.3, 0.4) is 0 Å². The zero-order chi connectivity index (χ0) is 20.9. The molecule has 1 fully saturated rings. The number of amides is 2. The number of rotatable bonds is 8. The highest BCUT2D eigenvalue weighted by Gasteiger charge is 2.49. The Labute approximate surface area is 168 Å². The van der Waals surface area contributed by atoms with Crippen LogP contribution in [0.4, 0.5) is 0 Å². The van der Waals surface area contributed by atoms with E-state index in [2.05, 4.69) is 10.5 Å². The molecule has 156 valence electrons. The molecule has 9 nitrogen and oxygen atoms in total. The molecule has 0 saturated heterocycles. The van der Waals surface area contributed by atoms with Gasteiger partial charge in [0.25, 0.3) is 11.8 Å². The van der Waals surface area contributed by atoms with Crippen LogP contribution in [0.1, 0.15) is 50.5 Å². The molecule has 1 atom stereocenters. The number of nitrogens with zero attached hydrogens (tertiary/aromatic N) is 1. The first-order valence-corrected chi connectivity index (χ1v) is 9.68. The molecule has 4 N–H and O–H groups in total. The summed E-state index contributed by atoms with van der Waals surface area (Å²) in [5.74, 6) is -1.90. The summed E-state index contributed by atoms with van der Waals surface area (Å²) in [5.41, 5.74) is 4.42. The number of hydrogen-bond acceptors (Lipinski definition) is 6. The predicted octanol–water partition coefficient (Wildman–Crippen LogP) is 1.34. The number of carboxylic acids is 1. The average molecular weight is 403 g/mol. The molecule has 2 amide bonds. The summed E-state index contributed by atoms with van der Waals surface area (Å²) in [5, 5.41) is 16.3. The summed E-state index contributed by atoms with van der Waals surface area (Å²) in [6.45, 7) is -0.312. The Morgan fingerprint density at radius 1 is 1.24 bits per heavy atom. The standard InChI is InChI=1S/C20H25N3O6/c21-17(24)12-28-16-9-5-4-8-14(16)15-10-20(29-23-15,11-18(25)26)19(27)22-13-6-2-1-3-7-13/h4-5,8-9,13H,1-3,6-7,10-12H2,(H2,21,24)(H,22,27)(H,25,26)/t20-/m0/s1. The molecule has 9 heteroatoms. The number of hydrogen-bond donors (Lipinski definition) is 3. The largest absolute Gasteiger partial charge is 0.483 e. The second-order valence-electron chi connectivity index (χ2n) is 7.43. The first-order chi connectivity index (χ1) is 13.9. The van der Waals surface area contributed by atoms with Gasteiger partial charge in [0.15, 0.2) is 6.61 Å². The molecule has 0 spiro atoms. The topological polar surface area (TPSA) is 140 Å². The van der Waals surface area contributed by atoms with Crippen molar-refractivity contribution in [2.75, 3.05) is 6.61 Å². The minimum atomic E-state index is -1.62. The van der Waals surface area contributed by atoms with E-state index in [9.17, 15) is 19.5 Å². The summed E-state index contributed by atoms with van der Waals surface area (Å²) in [7, 11) is 0. The van der Waals surface area contributed by atoms with Gasteiger partial charge in [-0.05, 0) is 25.0 Å². The molecule has 0 radical (unpaired) electrons. The van der Waals surface area contributed by atoms with Gasteiger partial charge in [0.05, 0.1) is 12.1 Å². The fourth-order valence-corrected chi connectivity index (χ4v) is 3.71. The van der Waals surface area contributed by atoms with Gasteiger partial charge in [0.1, 0.15) is 5.75 Å². The van der Waals surface area contributed by atoms with E-state index in [4.69, 9.17) is 15.3 Å². The molecule has 29 heavy (non-hydrogen) atoms. The predicted molar refractivity (Wildman–Crippen MR) is 103 cm³/mol. The van der Waals surface area contributed by atoms with Gasteiger partial charge >= 0.3 is 5.97 Å². The van der Waals surface area contributed by atoms with E-state index in [1.807, 2.05) is 0 Å². The Morgan fingerprint density at radius 2 is 1.97 bits per heavy atom. The van der Waals surface area contributed by atoms with Crippen molar-refractivity contribution in [1.29, 1.82) is 0 Å². The van der Waals surface area contributed by atoms with Crippen molar-refractivity contribution in [2.24, 2.45) is 10.9 Å². The van der Waals surface area contributed by atoms with Crippen molar-refractivity contribution in [3.05, 3.63) is 29.8 Å². The van der Waals surface area contributed by atoms with Crippen LogP contribution in [-0.2, 0) is 19.2 Å². The van der Waals surface area contributed by atoms with E-state index in [1.54, 1.807) is 24.3 Å². The molecule has 0 bridgehead atoms. The van der Waals surface area contributed by atoms with Crippen LogP contribution in [0.5, 0.6) is 5.75 Å². The molecule has 1 aliphatic carbocycles. The zero-order valence-corrected chi connectivity index (χ0v) is 16.1. The summed E-state index contributed by atoms with van der Waals surface area (Å²) < 4.78 is 5.41. The van der Waals surface area contributed by atoms with E-state index in [1.165, 1.54) is 0 Å². The summed E-state index contributed by atoms with van der Waals surface area (Å²) in [6.07, 6.45) is 4.41. The van der Waals surface area contributed by atoms with Crippen LogP contribution in [0.25, 0.3) is 0 Å². The lowest BCUT2D eigenvalue weighted by Gasteiger charge is -2.29. The van der Waals surface area contributed by atoms with Crippen LogP contribution < -0.4 is 15.8 Å². The number of oxime groups is 1. The van der Waals surface area contributed by atoms with Crippen molar-refractivity contribution in [1.82, 2.24) is 5.32 Å². The maximum atomic E-state index is 13.0. The lowest BCUT2D eigenvalue weighted by molar-refractivity contribution is -0.156. The first kappa shape index (κ1) is 20.6. The zero-order valence-electron chi connectivity index (χ0n) is 16.1. The molecule has 1 aromatic rings. The second-order valence-corrected chi connectivity index (χ2v) is 7.43. The third kappa shape index (κ3) is 5.04. The highest BCUT2D eigenvalue weighted by atomic mass is 16.7. The lowest BCUT2D eigenvalue weighted by atomic mass is 9.88. The third-order valence-electron chi connectivity index (χ3n) is 5.14. The molecule has 3 rings (SSSR count). The van der Waals surface area contributed by atoms with E-state index in [0.717, 1.165) is 32.1 Å². The molecule has 2 aliphatic rings. The Morgan fingerprint density at radius 3 is 2.66 bits per heavy atom. The maximum Gasteiger partial charge on any atom is 0.308 e. The van der Waals surface area contributed by atoms with Crippen molar-refractivity contribution in [3.63, 3.8) is 0 Å². The Balaban J connectivity index is 1.78. The van der Waals surface area contributed by atoms with E-state index < -0.39 is 29.8 Å². The quantitative estimate of drug-likeness (QED) is 0.598. The van der Waals surface area contributed by atoms with Gasteiger partial charge in [-0.15, -0.1) is 0 Å². The number of nitrogens with one attached hydrogen (secondary N) is 1. The van der Waals surface area contributed by atoms with Gasteiger partial charge in [-0.25, -0.2) is 0 Å². The van der Waals surface area contributed by atoms with Crippen molar-refractivity contribution in [3.8, 4) is 5.75 Å². The van der Waals surface area contributed by atoms with Crippen LogP contribution in [0.2, 0.25) is 0 Å². The molecule has 1 aliphatic heterocycles. The van der Waals surface area contributed by atoms with Crippen molar-refractivity contribution in [2.45, 2.75) is 56.6 Å². The highest BCUT2D eigenvalue weighted by molar-refractivity contribution is 6.08. The van der Waals surface area contributed by atoms with Gasteiger partial charge in [0, 0.05) is 18.0 Å². The monoisotopic (exact) mass is 403 g/mol. The van der Waals surface area contributed by atoms with E-state index >= 15 is 0 Å². The number of aliphatic carboxylic acids is 1. The first-order valence-electron chi connectivity index (χ1n) is 9.68. The van der Waals surface area contributed by atoms with Gasteiger partial charge in [-0.3, -0.25) is 14.4 Å². The molecule has 1 saturated carbocycles. The van der Waals surface area contributed by atoms with Crippen molar-refractivity contribution < 1.29 is 29.1 Å². The minimum absolute atomic E-state index is 0.0146. The lowest BCUT2D eigenvalue weighted by Crippen LogP contribution is -2.52. The number of ether oxygens (including phenoxy) is 1. The summed E-state index contributed by atoms with van der Waals surface area (Å²) in [4.78, 5) is 40.9. The van der Waals surface area contributed by atoms with Crippen LogP contribution in [0, 0.1) is 0 Å². The third-order valence-corrected chi connectivity index (χ3v) is 5.14. The van der Waals surface area contributed by atoms with Crippen molar-refractivity contribution >= 4 is 23.5 Å². The minimum Gasteiger partial charge on any atom is -0.483 e. The van der Waals surface area contributed by atoms with Gasteiger partial charge in [-0.1, -0.05) is 36.6 Å². The maximum absolute atomic E-state index is 13.0. The average Bonchev–Trinajstić information content (AvgIpc) is 3.12. The van der Waals surface area contributed by atoms with Crippen LogP contribution >= 0.6 is 0 Å². The molecule has 0 aromatic heterocycles. The van der Waals surface area contributed by atoms with Gasteiger partial charge < -0.3 is 25.7 Å². The second kappa shape index (κ2) is 8.93. The number of benzene rings is 1. The van der Waals surface area contributed by atoms with Gasteiger partial charge in [-0.2, -0.15) is 0 Å². The SMILES string of the molecule is NC(=O)COc1ccccc1C1=NO[C@@](CC(=O)O)(C(=O)NC2CCCCC2)C1. The Kier molecular flexibility index (Phi) is 6.36. The Bertz CT molecular complexity index is 818. The number of nitrogens with two attached hydrogens (primary N) is 1. The number of para-hydroxylation sites is 1. The number of carbonyl (C=O) groups is 3. The number of primary amides is 1. The highest BCUT2D eigenvalue weighted by Crippen LogP contribution is 2.34. The number of carboxylic acid groups (broad SMARTS) is 1. The molecule has 1 heterocycles. The molecular weight excluding hydrogens is 378 g/mol. The fourth-order valence-electron chi connectivity index (χ4n) is 3.71. The van der Waals surface area contributed by atoms with E-state index in [-0.39, 0.29) is 19.1 Å². The smallest absolute Gasteiger partial charge is 0.308 e. The normalized spacial score (nSPS) is 21.7.